The monoisotopic (exact) mass is 308 g/mol. The molecule has 0 saturated carbocycles. The Morgan fingerprint density at radius 1 is 1.09 bits per heavy atom. The summed E-state index contributed by atoms with van der Waals surface area (Å²) in [7, 11) is 0. The molecule has 1 aromatic heterocycles. The van der Waals surface area contributed by atoms with E-state index < -0.39 is 0 Å². The van der Waals surface area contributed by atoms with E-state index in [0.717, 1.165) is 22.2 Å². The van der Waals surface area contributed by atoms with E-state index in [1.54, 1.807) is 0 Å². The number of rotatable bonds is 2. The van der Waals surface area contributed by atoms with Gasteiger partial charge in [0.2, 0.25) is 11.9 Å². The Bertz CT molecular complexity index is 888. The van der Waals surface area contributed by atoms with Crippen molar-refractivity contribution in [2.24, 2.45) is 27.2 Å². The smallest absolute Gasteiger partial charge is 0.227 e. The summed E-state index contributed by atoms with van der Waals surface area (Å²) in [5, 5.41) is 0. The summed E-state index contributed by atoms with van der Waals surface area (Å²) in [6.07, 6.45) is 0. The SMILES string of the molecule is Cc1ccc(-c2nc3ccccc3o2)cc1N=C(N)N=C(N)N. The van der Waals surface area contributed by atoms with Gasteiger partial charge < -0.3 is 21.6 Å². The first kappa shape index (κ1) is 14.6. The largest absolute Gasteiger partial charge is 0.436 e. The van der Waals surface area contributed by atoms with E-state index in [1.807, 2.05) is 49.4 Å². The highest BCUT2D eigenvalue weighted by Gasteiger charge is 2.09. The number of fused-ring (bicyclic) bond motifs is 1. The molecule has 0 aliphatic rings. The molecule has 0 fully saturated rings. The third kappa shape index (κ3) is 3.13. The van der Waals surface area contributed by atoms with E-state index in [4.69, 9.17) is 21.6 Å². The average molecular weight is 308 g/mol. The lowest BCUT2D eigenvalue weighted by molar-refractivity contribution is 0.620. The van der Waals surface area contributed by atoms with Crippen LogP contribution in [0.4, 0.5) is 5.69 Å². The van der Waals surface area contributed by atoms with Crippen molar-refractivity contribution < 1.29 is 4.42 Å². The van der Waals surface area contributed by atoms with Gasteiger partial charge >= 0.3 is 0 Å². The fourth-order valence-electron chi connectivity index (χ4n) is 2.14. The van der Waals surface area contributed by atoms with Crippen molar-refractivity contribution in [1.82, 2.24) is 4.98 Å². The fourth-order valence-corrected chi connectivity index (χ4v) is 2.14. The molecule has 7 heteroatoms. The number of oxazole rings is 1. The van der Waals surface area contributed by atoms with E-state index in [2.05, 4.69) is 15.0 Å². The quantitative estimate of drug-likeness (QED) is 0.492. The van der Waals surface area contributed by atoms with E-state index in [0.29, 0.717) is 11.6 Å². The van der Waals surface area contributed by atoms with Crippen LogP contribution in [0.3, 0.4) is 0 Å². The highest BCUT2D eigenvalue weighted by molar-refractivity contribution is 5.93. The lowest BCUT2D eigenvalue weighted by atomic mass is 10.1. The number of nitrogens with zero attached hydrogens (tertiary/aromatic N) is 3. The molecule has 3 aromatic rings. The highest BCUT2D eigenvalue weighted by Crippen LogP contribution is 2.29. The van der Waals surface area contributed by atoms with Crippen LogP contribution in [-0.2, 0) is 0 Å². The number of aromatic nitrogens is 1. The predicted molar refractivity (Wildman–Crippen MR) is 91.3 cm³/mol. The number of benzene rings is 2. The molecule has 0 unspecified atom stereocenters. The van der Waals surface area contributed by atoms with Gasteiger partial charge in [-0.3, -0.25) is 0 Å². The normalized spacial score (nSPS) is 11.6. The summed E-state index contributed by atoms with van der Waals surface area (Å²) < 4.78 is 5.76. The van der Waals surface area contributed by atoms with Crippen LogP contribution >= 0.6 is 0 Å². The minimum Gasteiger partial charge on any atom is -0.436 e. The molecular formula is C16H16N6O. The van der Waals surface area contributed by atoms with Crippen molar-refractivity contribution in [2.75, 3.05) is 0 Å². The van der Waals surface area contributed by atoms with Crippen LogP contribution < -0.4 is 17.2 Å². The zero-order chi connectivity index (χ0) is 16.4. The van der Waals surface area contributed by atoms with Crippen LogP contribution in [-0.4, -0.2) is 16.9 Å². The van der Waals surface area contributed by atoms with Crippen molar-refractivity contribution >= 4 is 28.7 Å². The van der Waals surface area contributed by atoms with Gasteiger partial charge in [0.25, 0.3) is 0 Å². The van der Waals surface area contributed by atoms with Crippen LogP contribution in [0.25, 0.3) is 22.6 Å². The second-order valence-corrected chi connectivity index (χ2v) is 4.99. The topological polar surface area (TPSA) is 129 Å². The molecule has 0 saturated heterocycles. The van der Waals surface area contributed by atoms with Gasteiger partial charge in [-0.2, -0.15) is 4.99 Å². The molecule has 0 radical (unpaired) electrons. The molecule has 23 heavy (non-hydrogen) atoms. The number of para-hydroxylation sites is 2. The lowest BCUT2D eigenvalue weighted by Gasteiger charge is -2.03. The van der Waals surface area contributed by atoms with Crippen molar-refractivity contribution in [1.29, 1.82) is 0 Å². The summed E-state index contributed by atoms with van der Waals surface area (Å²) in [5.41, 5.74) is 20.2. The highest BCUT2D eigenvalue weighted by atomic mass is 16.3. The van der Waals surface area contributed by atoms with Gasteiger partial charge in [-0.15, -0.1) is 0 Å². The summed E-state index contributed by atoms with van der Waals surface area (Å²) in [4.78, 5) is 12.4. The number of nitrogens with two attached hydrogens (primary N) is 3. The van der Waals surface area contributed by atoms with E-state index >= 15 is 0 Å². The van der Waals surface area contributed by atoms with Crippen molar-refractivity contribution in [3.05, 3.63) is 48.0 Å². The molecule has 3 rings (SSSR count). The molecule has 0 aliphatic carbocycles. The molecular weight excluding hydrogens is 292 g/mol. The van der Waals surface area contributed by atoms with Crippen molar-refractivity contribution in [3.8, 4) is 11.5 Å². The number of hydrogen-bond acceptors (Lipinski definition) is 3. The molecule has 6 N–H and O–H groups in total. The van der Waals surface area contributed by atoms with Gasteiger partial charge in [-0.25, -0.2) is 9.98 Å². The summed E-state index contributed by atoms with van der Waals surface area (Å²) in [5.74, 6) is 0.366. The minimum absolute atomic E-state index is 0.0113. The zero-order valence-electron chi connectivity index (χ0n) is 12.5. The average Bonchev–Trinajstić information content (AvgIpc) is 2.92. The predicted octanol–water partition coefficient (Wildman–Crippen LogP) is 2.02. The number of aryl methyl sites for hydroxylation is 1. The third-order valence-electron chi connectivity index (χ3n) is 3.23. The maximum absolute atomic E-state index is 5.76. The molecule has 0 spiro atoms. The minimum atomic E-state index is -0.140. The van der Waals surface area contributed by atoms with Gasteiger partial charge in [0, 0.05) is 5.56 Å². The fraction of sp³-hybridized carbons (Fsp3) is 0.0625. The van der Waals surface area contributed by atoms with E-state index in [9.17, 15) is 0 Å². The first-order chi connectivity index (χ1) is 11.0. The molecule has 116 valence electrons. The Labute approximate surface area is 132 Å². The number of hydrogen-bond donors (Lipinski definition) is 3. The van der Waals surface area contributed by atoms with Crippen LogP contribution in [0.1, 0.15) is 5.56 Å². The van der Waals surface area contributed by atoms with Gasteiger partial charge in [0.15, 0.2) is 11.5 Å². The van der Waals surface area contributed by atoms with Crippen LogP contribution in [0.15, 0.2) is 56.9 Å². The third-order valence-corrected chi connectivity index (χ3v) is 3.23. The van der Waals surface area contributed by atoms with Gasteiger partial charge in [0.05, 0.1) is 5.69 Å². The molecule has 0 bridgehead atoms. The Morgan fingerprint density at radius 3 is 2.61 bits per heavy atom. The second kappa shape index (κ2) is 5.80. The summed E-state index contributed by atoms with van der Waals surface area (Å²) in [6, 6.07) is 13.2. The van der Waals surface area contributed by atoms with Crippen LogP contribution in [0.5, 0.6) is 0 Å². The molecule has 0 amide bonds. The van der Waals surface area contributed by atoms with Crippen LogP contribution in [0.2, 0.25) is 0 Å². The maximum atomic E-state index is 5.76. The Hall–Kier alpha value is -3.35. The maximum Gasteiger partial charge on any atom is 0.227 e. The molecule has 0 aliphatic heterocycles. The Morgan fingerprint density at radius 2 is 1.87 bits per heavy atom. The first-order valence-electron chi connectivity index (χ1n) is 6.93. The molecule has 2 aromatic carbocycles. The first-order valence-corrected chi connectivity index (χ1v) is 6.93. The van der Waals surface area contributed by atoms with Gasteiger partial charge in [0.1, 0.15) is 5.52 Å². The van der Waals surface area contributed by atoms with Gasteiger partial charge in [-0.05, 0) is 36.8 Å². The lowest BCUT2D eigenvalue weighted by Crippen LogP contribution is -2.26. The number of guanidine groups is 2. The Balaban J connectivity index is 2.04. The van der Waals surface area contributed by atoms with E-state index in [1.165, 1.54) is 0 Å². The van der Waals surface area contributed by atoms with Crippen LogP contribution in [0, 0.1) is 6.92 Å². The summed E-state index contributed by atoms with van der Waals surface area (Å²) in [6.45, 7) is 1.91. The standard InChI is InChI=1S/C16H16N6O/c1-9-6-7-10(8-12(9)21-16(19)22-15(17)18)14-20-11-4-2-3-5-13(11)23-14/h2-8H,1H3,(H6,17,18,19,21,22). The summed E-state index contributed by atoms with van der Waals surface area (Å²) >= 11 is 0. The van der Waals surface area contributed by atoms with Crippen molar-refractivity contribution in [2.45, 2.75) is 6.92 Å². The number of aliphatic imine (C=N–C) groups is 2. The van der Waals surface area contributed by atoms with Gasteiger partial charge in [-0.1, -0.05) is 18.2 Å². The molecule has 7 nitrogen and oxygen atoms in total. The molecule has 0 atom stereocenters. The molecule has 1 heterocycles. The van der Waals surface area contributed by atoms with E-state index in [-0.39, 0.29) is 11.9 Å². The van der Waals surface area contributed by atoms with Crippen molar-refractivity contribution in [3.63, 3.8) is 0 Å². The zero-order valence-corrected chi connectivity index (χ0v) is 12.5. The second-order valence-electron chi connectivity index (χ2n) is 4.99. The Kier molecular flexibility index (Phi) is 3.68.